The zero-order valence-electron chi connectivity index (χ0n) is 6.20. The highest BCUT2D eigenvalue weighted by atomic mass is 79.9. The largest absolute Gasteiger partial charge is 0.326 e. The predicted octanol–water partition coefficient (Wildman–Crippen LogP) is 2.36. The molecule has 1 nitrogen and oxygen atoms in total. The van der Waals surface area contributed by atoms with Crippen LogP contribution >= 0.6 is 15.9 Å². The molecular formula is C8H9BrFN. The van der Waals surface area contributed by atoms with Crippen LogP contribution in [0.25, 0.3) is 0 Å². The summed E-state index contributed by atoms with van der Waals surface area (Å²) in [6, 6.07) is 2.90. The van der Waals surface area contributed by atoms with E-state index in [0.29, 0.717) is 6.54 Å². The van der Waals surface area contributed by atoms with Crippen molar-refractivity contribution in [2.45, 2.75) is 13.5 Å². The molecule has 0 bridgehead atoms. The van der Waals surface area contributed by atoms with Gasteiger partial charge in [-0.05, 0) is 30.2 Å². The van der Waals surface area contributed by atoms with Crippen molar-refractivity contribution < 1.29 is 4.39 Å². The first-order valence-electron chi connectivity index (χ1n) is 3.29. The Morgan fingerprint density at radius 1 is 1.55 bits per heavy atom. The second-order valence-corrected chi connectivity index (χ2v) is 3.23. The van der Waals surface area contributed by atoms with Crippen LogP contribution in [0.4, 0.5) is 4.39 Å². The topological polar surface area (TPSA) is 26.0 Å². The highest BCUT2D eigenvalue weighted by molar-refractivity contribution is 9.10. The average Bonchev–Trinajstić information content (AvgIpc) is 1.96. The maximum Gasteiger partial charge on any atom is 0.124 e. The monoisotopic (exact) mass is 217 g/mol. The van der Waals surface area contributed by atoms with Crippen LogP contribution in [0.15, 0.2) is 16.6 Å². The predicted molar refractivity (Wildman–Crippen MR) is 46.7 cm³/mol. The first kappa shape index (κ1) is 8.68. The summed E-state index contributed by atoms with van der Waals surface area (Å²) in [6.07, 6.45) is 0. The molecule has 0 fully saturated rings. The first-order chi connectivity index (χ1) is 5.15. The molecule has 0 spiro atoms. The molecule has 0 radical (unpaired) electrons. The van der Waals surface area contributed by atoms with Gasteiger partial charge in [-0.25, -0.2) is 4.39 Å². The van der Waals surface area contributed by atoms with Crippen LogP contribution in [-0.4, -0.2) is 0 Å². The molecular weight excluding hydrogens is 209 g/mol. The molecule has 0 amide bonds. The van der Waals surface area contributed by atoms with E-state index in [0.717, 1.165) is 15.6 Å². The minimum atomic E-state index is -0.247. The Morgan fingerprint density at radius 2 is 2.18 bits per heavy atom. The molecule has 1 rings (SSSR count). The Kier molecular flexibility index (Phi) is 2.62. The number of halogens is 2. The Labute approximate surface area is 73.5 Å². The van der Waals surface area contributed by atoms with Crippen LogP contribution < -0.4 is 5.73 Å². The van der Waals surface area contributed by atoms with Gasteiger partial charge in [0.25, 0.3) is 0 Å². The Bertz CT molecular complexity index is 273. The van der Waals surface area contributed by atoms with Gasteiger partial charge in [0.05, 0.1) is 0 Å². The summed E-state index contributed by atoms with van der Waals surface area (Å²) in [4.78, 5) is 0. The average molecular weight is 218 g/mol. The van der Waals surface area contributed by atoms with E-state index >= 15 is 0 Å². The number of rotatable bonds is 1. The summed E-state index contributed by atoms with van der Waals surface area (Å²) < 4.78 is 13.5. The van der Waals surface area contributed by atoms with Gasteiger partial charge in [-0.2, -0.15) is 0 Å². The Morgan fingerprint density at radius 3 is 2.73 bits per heavy atom. The van der Waals surface area contributed by atoms with Gasteiger partial charge in [0, 0.05) is 11.0 Å². The van der Waals surface area contributed by atoms with Crippen molar-refractivity contribution in [1.82, 2.24) is 0 Å². The molecule has 11 heavy (non-hydrogen) atoms. The van der Waals surface area contributed by atoms with Gasteiger partial charge >= 0.3 is 0 Å². The first-order valence-corrected chi connectivity index (χ1v) is 4.09. The van der Waals surface area contributed by atoms with Crippen molar-refractivity contribution in [1.29, 1.82) is 0 Å². The van der Waals surface area contributed by atoms with E-state index in [1.165, 1.54) is 12.1 Å². The fourth-order valence-corrected chi connectivity index (χ4v) is 1.38. The standard InChI is InChI=1S/C8H9BrFN/c1-5-6(4-11)2-7(10)3-8(5)9/h2-3H,4,11H2,1H3. The third-order valence-electron chi connectivity index (χ3n) is 1.64. The van der Waals surface area contributed by atoms with E-state index in [1.807, 2.05) is 6.92 Å². The molecule has 0 heterocycles. The lowest BCUT2D eigenvalue weighted by Crippen LogP contribution is -2.00. The number of hydrogen-bond donors (Lipinski definition) is 1. The van der Waals surface area contributed by atoms with Gasteiger partial charge in [-0.15, -0.1) is 0 Å². The van der Waals surface area contributed by atoms with Gasteiger partial charge in [-0.1, -0.05) is 15.9 Å². The second kappa shape index (κ2) is 3.32. The molecule has 0 aliphatic carbocycles. The normalized spacial score (nSPS) is 10.2. The molecule has 3 heteroatoms. The molecule has 0 saturated carbocycles. The minimum absolute atomic E-state index is 0.247. The summed E-state index contributed by atoms with van der Waals surface area (Å²) >= 11 is 3.24. The molecule has 0 aliphatic heterocycles. The molecule has 0 atom stereocenters. The van der Waals surface area contributed by atoms with Crippen molar-refractivity contribution in [3.05, 3.63) is 33.5 Å². The molecule has 1 aromatic rings. The number of hydrogen-bond acceptors (Lipinski definition) is 1. The number of benzene rings is 1. The van der Waals surface area contributed by atoms with Gasteiger partial charge in [0.15, 0.2) is 0 Å². The van der Waals surface area contributed by atoms with Gasteiger partial charge in [-0.3, -0.25) is 0 Å². The van der Waals surface area contributed by atoms with Crippen LogP contribution in [0, 0.1) is 12.7 Å². The van der Waals surface area contributed by atoms with Crippen LogP contribution in [0.5, 0.6) is 0 Å². The van der Waals surface area contributed by atoms with E-state index in [2.05, 4.69) is 15.9 Å². The fourth-order valence-electron chi connectivity index (χ4n) is 0.911. The van der Waals surface area contributed by atoms with Gasteiger partial charge in [0.1, 0.15) is 5.82 Å². The lowest BCUT2D eigenvalue weighted by Gasteiger charge is -2.04. The molecule has 1 aromatic carbocycles. The maximum atomic E-state index is 12.7. The highest BCUT2D eigenvalue weighted by Crippen LogP contribution is 2.20. The van der Waals surface area contributed by atoms with E-state index in [4.69, 9.17) is 5.73 Å². The lowest BCUT2D eigenvalue weighted by molar-refractivity contribution is 0.623. The van der Waals surface area contributed by atoms with E-state index in [9.17, 15) is 4.39 Å². The number of nitrogens with two attached hydrogens (primary N) is 1. The van der Waals surface area contributed by atoms with Crippen molar-refractivity contribution in [3.63, 3.8) is 0 Å². The van der Waals surface area contributed by atoms with E-state index in [1.54, 1.807) is 0 Å². The molecule has 60 valence electrons. The molecule has 0 aromatic heterocycles. The summed E-state index contributed by atoms with van der Waals surface area (Å²) in [5, 5.41) is 0. The van der Waals surface area contributed by atoms with Crippen molar-refractivity contribution in [2.24, 2.45) is 5.73 Å². The maximum absolute atomic E-state index is 12.7. The Hall–Kier alpha value is -0.410. The second-order valence-electron chi connectivity index (χ2n) is 2.38. The van der Waals surface area contributed by atoms with Crippen molar-refractivity contribution >= 4 is 15.9 Å². The van der Waals surface area contributed by atoms with E-state index < -0.39 is 0 Å². The SMILES string of the molecule is Cc1c(Br)cc(F)cc1CN. The zero-order valence-corrected chi connectivity index (χ0v) is 7.78. The van der Waals surface area contributed by atoms with Crippen LogP contribution in [-0.2, 0) is 6.54 Å². The summed E-state index contributed by atoms with van der Waals surface area (Å²) in [5.41, 5.74) is 7.25. The third kappa shape index (κ3) is 1.79. The minimum Gasteiger partial charge on any atom is -0.326 e. The highest BCUT2D eigenvalue weighted by Gasteiger charge is 2.02. The van der Waals surface area contributed by atoms with Crippen molar-refractivity contribution in [3.8, 4) is 0 Å². The van der Waals surface area contributed by atoms with Gasteiger partial charge < -0.3 is 5.73 Å². The quantitative estimate of drug-likeness (QED) is 0.769. The smallest absolute Gasteiger partial charge is 0.124 e. The summed E-state index contributed by atoms with van der Waals surface area (Å²) in [6.45, 7) is 2.29. The zero-order chi connectivity index (χ0) is 8.43. The third-order valence-corrected chi connectivity index (χ3v) is 2.46. The molecule has 0 saturated heterocycles. The Balaban J connectivity index is 3.24. The van der Waals surface area contributed by atoms with Gasteiger partial charge in [0.2, 0.25) is 0 Å². The summed E-state index contributed by atoms with van der Waals surface area (Å²) in [7, 11) is 0. The van der Waals surface area contributed by atoms with Crippen LogP contribution in [0.3, 0.4) is 0 Å². The van der Waals surface area contributed by atoms with E-state index in [-0.39, 0.29) is 5.82 Å². The van der Waals surface area contributed by atoms with Crippen LogP contribution in [0.2, 0.25) is 0 Å². The molecule has 0 aliphatic rings. The fraction of sp³-hybridized carbons (Fsp3) is 0.250. The lowest BCUT2D eigenvalue weighted by atomic mass is 10.1. The molecule has 2 N–H and O–H groups in total. The summed E-state index contributed by atoms with van der Waals surface area (Å²) in [5.74, 6) is -0.247. The molecule has 0 unspecified atom stereocenters. The van der Waals surface area contributed by atoms with Crippen LogP contribution in [0.1, 0.15) is 11.1 Å². The van der Waals surface area contributed by atoms with Crippen molar-refractivity contribution in [2.75, 3.05) is 0 Å².